The van der Waals surface area contributed by atoms with Gasteiger partial charge in [0.1, 0.15) is 0 Å². The van der Waals surface area contributed by atoms with Crippen LogP contribution in [0.3, 0.4) is 0 Å². The van der Waals surface area contributed by atoms with Crippen molar-refractivity contribution >= 4 is 11.3 Å². The van der Waals surface area contributed by atoms with Gasteiger partial charge in [-0.05, 0) is 43.2 Å². The fourth-order valence-corrected chi connectivity index (χ4v) is 2.63. The van der Waals surface area contributed by atoms with Gasteiger partial charge in [0, 0.05) is 18.9 Å². The number of rotatable bonds is 3. The summed E-state index contributed by atoms with van der Waals surface area (Å²) >= 11 is 1.77. The molecule has 2 rings (SSSR count). The van der Waals surface area contributed by atoms with Crippen molar-refractivity contribution in [2.24, 2.45) is 0 Å². The minimum absolute atomic E-state index is 0.0976. The van der Waals surface area contributed by atoms with Gasteiger partial charge in [-0.25, -0.2) is 0 Å². The van der Waals surface area contributed by atoms with Crippen molar-refractivity contribution in [1.82, 2.24) is 9.80 Å². The highest BCUT2D eigenvalue weighted by Gasteiger charge is 2.29. The molecule has 0 saturated carbocycles. The molecule has 15 heavy (non-hydrogen) atoms. The van der Waals surface area contributed by atoms with Crippen LogP contribution in [0.4, 0.5) is 0 Å². The van der Waals surface area contributed by atoms with Crippen LogP contribution >= 0.6 is 11.3 Å². The molecule has 0 radical (unpaired) electrons. The highest BCUT2D eigenvalue weighted by atomic mass is 32.1. The largest absolute Gasteiger partial charge is 0.359 e. The van der Waals surface area contributed by atoms with E-state index < -0.39 is 0 Å². The first-order valence-electron chi connectivity index (χ1n) is 5.36. The summed E-state index contributed by atoms with van der Waals surface area (Å²) in [6, 6.07) is 2.22. The highest BCUT2D eigenvalue weighted by molar-refractivity contribution is 7.08. The van der Waals surface area contributed by atoms with Crippen molar-refractivity contribution in [3.05, 3.63) is 34.8 Å². The Morgan fingerprint density at radius 3 is 2.73 bits per heavy atom. The van der Waals surface area contributed by atoms with Crippen LogP contribution in [0.15, 0.2) is 29.2 Å². The van der Waals surface area contributed by atoms with E-state index in [1.807, 2.05) is 0 Å². The summed E-state index contributed by atoms with van der Waals surface area (Å²) < 4.78 is 0. The molecule has 0 saturated heterocycles. The lowest BCUT2D eigenvalue weighted by Crippen LogP contribution is -2.39. The van der Waals surface area contributed by atoms with E-state index in [-0.39, 0.29) is 5.54 Å². The molecule has 2 nitrogen and oxygen atoms in total. The SMILES string of the molecule is CCN1C=CN(C(C)(C)c2ccsc2)C1. The number of nitrogens with zero attached hydrogens (tertiary/aromatic N) is 2. The maximum atomic E-state index is 2.39. The third kappa shape index (κ3) is 1.88. The van der Waals surface area contributed by atoms with E-state index in [0.29, 0.717) is 0 Å². The smallest absolute Gasteiger partial charge is 0.0901 e. The molecule has 1 aromatic heterocycles. The number of thiophene rings is 1. The molecule has 2 heterocycles. The molecule has 1 aliphatic rings. The third-order valence-electron chi connectivity index (χ3n) is 3.14. The molecule has 0 atom stereocenters. The molecule has 1 aliphatic heterocycles. The van der Waals surface area contributed by atoms with Crippen molar-refractivity contribution in [3.63, 3.8) is 0 Å². The summed E-state index contributed by atoms with van der Waals surface area (Å²) in [6.07, 6.45) is 4.37. The Hall–Kier alpha value is -0.960. The van der Waals surface area contributed by atoms with Gasteiger partial charge in [-0.15, -0.1) is 0 Å². The predicted molar refractivity (Wildman–Crippen MR) is 65.6 cm³/mol. The standard InChI is InChI=1S/C12H18N2S/c1-4-13-6-7-14(10-13)12(2,3)11-5-8-15-9-11/h5-9H,4,10H2,1-3H3. The normalized spacial score (nSPS) is 16.5. The van der Waals surface area contributed by atoms with E-state index >= 15 is 0 Å². The monoisotopic (exact) mass is 222 g/mol. The molecular formula is C12H18N2S. The van der Waals surface area contributed by atoms with Crippen LogP contribution in [0.2, 0.25) is 0 Å². The van der Waals surface area contributed by atoms with Crippen molar-refractivity contribution in [2.45, 2.75) is 26.3 Å². The van der Waals surface area contributed by atoms with Crippen LogP contribution in [-0.4, -0.2) is 23.0 Å². The van der Waals surface area contributed by atoms with Crippen molar-refractivity contribution in [1.29, 1.82) is 0 Å². The summed E-state index contributed by atoms with van der Waals surface area (Å²) in [6.45, 7) is 8.81. The molecule has 3 heteroatoms. The minimum atomic E-state index is 0.0976. The highest BCUT2D eigenvalue weighted by Crippen LogP contribution is 2.31. The second-order valence-corrected chi connectivity index (χ2v) is 5.17. The average molecular weight is 222 g/mol. The minimum Gasteiger partial charge on any atom is -0.359 e. The lowest BCUT2D eigenvalue weighted by molar-refractivity contribution is 0.149. The van der Waals surface area contributed by atoms with Gasteiger partial charge in [0.25, 0.3) is 0 Å². The van der Waals surface area contributed by atoms with Gasteiger partial charge < -0.3 is 9.80 Å². The lowest BCUT2D eigenvalue weighted by Gasteiger charge is -2.36. The topological polar surface area (TPSA) is 6.48 Å². The molecule has 0 amide bonds. The Labute approximate surface area is 95.8 Å². The van der Waals surface area contributed by atoms with Crippen molar-refractivity contribution < 1.29 is 0 Å². The van der Waals surface area contributed by atoms with Crippen LogP contribution in [0.5, 0.6) is 0 Å². The molecule has 1 aromatic rings. The third-order valence-corrected chi connectivity index (χ3v) is 3.83. The molecule has 0 unspecified atom stereocenters. The zero-order valence-electron chi connectivity index (χ0n) is 9.60. The van der Waals surface area contributed by atoms with Gasteiger partial charge >= 0.3 is 0 Å². The second-order valence-electron chi connectivity index (χ2n) is 4.39. The van der Waals surface area contributed by atoms with Gasteiger partial charge in [0.2, 0.25) is 0 Å². The summed E-state index contributed by atoms with van der Waals surface area (Å²) in [5, 5.41) is 4.39. The van der Waals surface area contributed by atoms with E-state index in [9.17, 15) is 0 Å². The first kappa shape index (κ1) is 10.6. The zero-order chi connectivity index (χ0) is 10.9. The van der Waals surface area contributed by atoms with Crippen LogP contribution in [0, 0.1) is 0 Å². The Morgan fingerprint density at radius 2 is 2.20 bits per heavy atom. The van der Waals surface area contributed by atoms with Gasteiger partial charge in [-0.1, -0.05) is 0 Å². The van der Waals surface area contributed by atoms with Crippen LogP contribution < -0.4 is 0 Å². The number of hydrogen-bond donors (Lipinski definition) is 0. The maximum Gasteiger partial charge on any atom is 0.0901 e. The lowest BCUT2D eigenvalue weighted by atomic mass is 9.96. The van der Waals surface area contributed by atoms with Crippen LogP contribution in [0.1, 0.15) is 26.3 Å². The Morgan fingerprint density at radius 1 is 1.40 bits per heavy atom. The summed E-state index contributed by atoms with van der Waals surface area (Å²) in [7, 11) is 0. The van der Waals surface area contributed by atoms with Gasteiger partial charge in [-0.3, -0.25) is 0 Å². The van der Waals surface area contributed by atoms with Gasteiger partial charge in [0.05, 0.1) is 12.2 Å². The van der Waals surface area contributed by atoms with E-state index in [0.717, 1.165) is 13.2 Å². The molecule has 0 bridgehead atoms. The number of hydrogen-bond acceptors (Lipinski definition) is 3. The quantitative estimate of drug-likeness (QED) is 0.775. The first-order valence-corrected chi connectivity index (χ1v) is 6.30. The van der Waals surface area contributed by atoms with E-state index in [1.165, 1.54) is 5.56 Å². The van der Waals surface area contributed by atoms with Crippen molar-refractivity contribution in [3.8, 4) is 0 Å². The molecular weight excluding hydrogens is 204 g/mol. The average Bonchev–Trinajstić information content (AvgIpc) is 2.89. The van der Waals surface area contributed by atoms with Crippen molar-refractivity contribution in [2.75, 3.05) is 13.2 Å². The fourth-order valence-electron chi connectivity index (χ4n) is 1.81. The second kappa shape index (κ2) is 3.89. The maximum absolute atomic E-state index is 2.39. The molecule has 0 spiro atoms. The van der Waals surface area contributed by atoms with Gasteiger partial charge in [-0.2, -0.15) is 11.3 Å². The molecule has 0 aromatic carbocycles. The van der Waals surface area contributed by atoms with Crippen LogP contribution in [0.25, 0.3) is 0 Å². The Balaban J connectivity index is 2.15. The molecule has 0 fully saturated rings. The zero-order valence-corrected chi connectivity index (χ0v) is 10.4. The summed E-state index contributed by atoms with van der Waals surface area (Å²) in [5.41, 5.74) is 1.50. The molecule has 0 N–H and O–H groups in total. The summed E-state index contributed by atoms with van der Waals surface area (Å²) in [4.78, 5) is 4.70. The Kier molecular flexibility index (Phi) is 2.74. The van der Waals surface area contributed by atoms with Crippen LogP contribution in [-0.2, 0) is 5.54 Å². The van der Waals surface area contributed by atoms with Gasteiger partial charge in [0.15, 0.2) is 0 Å². The van der Waals surface area contributed by atoms with E-state index in [2.05, 4.69) is 59.8 Å². The summed E-state index contributed by atoms with van der Waals surface area (Å²) in [5.74, 6) is 0. The first-order chi connectivity index (χ1) is 7.14. The van der Waals surface area contributed by atoms with E-state index in [4.69, 9.17) is 0 Å². The van der Waals surface area contributed by atoms with E-state index in [1.54, 1.807) is 11.3 Å². The molecule has 82 valence electrons. The fraction of sp³-hybridized carbons (Fsp3) is 0.500. The predicted octanol–water partition coefficient (Wildman–Crippen LogP) is 3.05. The Bertz CT molecular complexity index is 341. The molecule has 0 aliphatic carbocycles.